The maximum Gasteiger partial charge on any atom is 0.382 e. The molecule has 8 rings (SSSR count). The van der Waals surface area contributed by atoms with Gasteiger partial charge in [-0.2, -0.15) is 0 Å². The number of carboxylic acid groups (broad SMARTS) is 1. The molecular weight excluding hydrogens is 1220 g/mol. The maximum atomic E-state index is 14.5. The number of rotatable bonds is 17. The summed E-state index contributed by atoms with van der Waals surface area (Å²) in [6.45, 7) is 4.46. The topological polar surface area (TPSA) is 279 Å². The molecule has 0 saturated carbocycles. The quantitative estimate of drug-likeness (QED) is 0.0467. The van der Waals surface area contributed by atoms with Crippen molar-refractivity contribution in [2.75, 3.05) is 24.6 Å². The van der Waals surface area contributed by atoms with Gasteiger partial charge in [-0.3, -0.25) is 33.6 Å². The summed E-state index contributed by atoms with van der Waals surface area (Å²) in [5, 5.41) is 14.3. The van der Waals surface area contributed by atoms with Crippen molar-refractivity contribution in [2.45, 2.75) is 104 Å². The molecule has 0 unspecified atom stereocenters. The monoisotopic (exact) mass is 1280 g/mol. The summed E-state index contributed by atoms with van der Waals surface area (Å²) < 4.78 is 105. The van der Waals surface area contributed by atoms with E-state index in [2.05, 4.69) is 22.9 Å². The van der Waals surface area contributed by atoms with Crippen molar-refractivity contribution in [2.24, 2.45) is 5.14 Å². The van der Waals surface area contributed by atoms with Crippen molar-refractivity contribution >= 4 is 112 Å². The molecule has 460 valence electrons. The summed E-state index contributed by atoms with van der Waals surface area (Å²) in [6, 6.07) is 16.3. The first-order valence-electron chi connectivity index (χ1n) is 26.8. The largest absolute Gasteiger partial charge is 0.472 e. The first kappa shape index (κ1) is 67.9. The molecule has 27 heteroatoms. The van der Waals surface area contributed by atoms with E-state index in [4.69, 9.17) is 28.3 Å². The number of nitrogens with zero attached hydrogens (tertiary/aromatic N) is 4. The second kappa shape index (κ2) is 29.5. The van der Waals surface area contributed by atoms with E-state index in [9.17, 15) is 72.8 Å². The van der Waals surface area contributed by atoms with Crippen LogP contribution in [-0.2, 0) is 74.7 Å². The molecule has 6 aromatic rings. The zero-order chi connectivity index (χ0) is 64.2. The SMILES string of the molecule is CC(=O)c1cn(CC(=O)N2C[C@H](F)C[C@H]2C(=O)CCc2cccc(Cl)c2F)c2cc(C#CC(=O)O)ccc12.CCS(=O)(=O)NC(=O)C#Cc1ccc2c(C(C)=O)cn(CC(=O)N3C[C@H](F)C[C@H]3C(=O)CCc3cccc(Cl)c3F)c2c1.CCS(N)(=O)=O. The van der Waals surface area contributed by atoms with Crippen LogP contribution < -0.4 is 9.86 Å². The van der Waals surface area contributed by atoms with Gasteiger partial charge in [-0.25, -0.2) is 49.1 Å². The van der Waals surface area contributed by atoms with Crippen LogP contribution in [0.3, 0.4) is 0 Å². The highest BCUT2D eigenvalue weighted by atomic mass is 35.5. The minimum Gasteiger partial charge on any atom is -0.472 e. The van der Waals surface area contributed by atoms with Crippen molar-refractivity contribution < 1.29 is 77.9 Å². The van der Waals surface area contributed by atoms with Gasteiger partial charge in [-0.1, -0.05) is 71.4 Å². The fraction of sp³-hybridized carbons (Fsp3) is 0.333. The predicted molar refractivity (Wildman–Crippen MR) is 316 cm³/mol. The molecule has 2 aliphatic rings. The van der Waals surface area contributed by atoms with Crippen molar-refractivity contribution in [3.63, 3.8) is 0 Å². The first-order valence-corrected chi connectivity index (χ1v) is 30.9. The van der Waals surface area contributed by atoms with Gasteiger partial charge in [0.05, 0.1) is 57.8 Å². The van der Waals surface area contributed by atoms with Gasteiger partial charge in [0.15, 0.2) is 23.1 Å². The zero-order valence-electron chi connectivity index (χ0n) is 47.2. The van der Waals surface area contributed by atoms with Gasteiger partial charge in [0.1, 0.15) is 37.1 Å². The molecule has 2 aliphatic heterocycles. The molecule has 4 aromatic carbocycles. The van der Waals surface area contributed by atoms with Crippen molar-refractivity contribution in [1.29, 1.82) is 0 Å². The number of hydrogen-bond donors (Lipinski definition) is 3. The van der Waals surface area contributed by atoms with Crippen LogP contribution in [0.25, 0.3) is 21.8 Å². The average molecular weight is 1280 g/mol. The number of amides is 3. The Labute approximate surface area is 508 Å². The van der Waals surface area contributed by atoms with E-state index in [1.807, 2.05) is 10.6 Å². The molecule has 3 amide bonds. The molecule has 2 saturated heterocycles. The second-order valence-corrected chi connectivity index (χ2v) is 24.9. The second-order valence-electron chi connectivity index (χ2n) is 20.2. The van der Waals surface area contributed by atoms with Gasteiger partial charge in [0, 0.05) is 82.9 Å². The van der Waals surface area contributed by atoms with E-state index in [0.29, 0.717) is 44.1 Å². The lowest BCUT2D eigenvalue weighted by atomic mass is 10.0. The molecule has 4 heterocycles. The Morgan fingerprint density at radius 3 is 1.41 bits per heavy atom. The number of aromatic nitrogens is 2. The van der Waals surface area contributed by atoms with Crippen LogP contribution in [0.15, 0.2) is 85.2 Å². The van der Waals surface area contributed by atoms with E-state index in [1.54, 1.807) is 42.5 Å². The number of carbonyl (C=O) groups excluding carboxylic acids is 7. The third kappa shape index (κ3) is 18.2. The number of sulfonamides is 2. The van der Waals surface area contributed by atoms with E-state index < -0.39 is 85.6 Å². The number of carbonyl (C=O) groups is 8. The van der Waals surface area contributed by atoms with Crippen LogP contribution in [0.5, 0.6) is 0 Å². The van der Waals surface area contributed by atoms with E-state index in [1.165, 1.54) is 89.4 Å². The number of alkyl halides is 2. The Kier molecular flexibility index (Phi) is 23.0. The minimum atomic E-state index is -3.79. The predicted octanol–water partition coefficient (Wildman–Crippen LogP) is 7.10. The normalized spacial score (nSPS) is 16.3. The standard InChI is InChI=1S/C30H28ClF2N3O6S.C28H23ClF2N2O5.C2H7NO2S/c1-3-43(41,42)34-28(39)12-8-19-7-10-22-23(18(2)37)16-35(25(22)13-19)17-29(40)36-15-21(32)14-26(36)27(38)11-9-20-5-4-6-24(31)30(20)33;1-16(34)21-14-32(23-11-17(5-8-20(21)23)6-10-27(37)38)15-26(36)33-13-19(30)12-24(33)25(35)9-7-18-3-2-4-22(29)28(18)31;1-2-6(3,4)5/h4-7,10,13,16,21,26H,3,9,11,14-15,17H2,1-2H3,(H,34,39);2-5,8,11,14,19,24H,7,9,12-13,15H2,1H3,(H,37,38);2H2,1H3,(H2,3,4,5)/t21-,26+;19-,24+;/m11./s1. The number of carboxylic acids is 1. The number of ketones is 4. The Balaban J connectivity index is 0.000000255. The van der Waals surface area contributed by atoms with Crippen LogP contribution in [-0.4, -0.2) is 137 Å². The molecule has 0 bridgehead atoms. The number of likely N-dealkylation sites (tertiary alicyclic amines) is 2. The summed E-state index contributed by atoms with van der Waals surface area (Å²) >= 11 is 11.6. The molecule has 4 N–H and O–H groups in total. The summed E-state index contributed by atoms with van der Waals surface area (Å²) in [5.74, 6) is 3.08. The van der Waals surface area contributed by atoms with Crippen LogP contribution in [0.1, 0.15) is 96.3 Å². The fourth-order valence-electron chi connectivity index (χ4n) is 9.59. The summed E-state index contributed by atoms with van der Waals surface area (Å²) in [6.07, 6.45) is -0.263. The molecule has 87 heavy (non-hydrogen) atoms. The lowest BCUT2D eigenvalue weighted by Crippen LogP contribution is -2.42. The highest BCUT2D eigenvalue weighted by Gasteiger charge is 2.41. The highest BCUT2D eigenvalue weighted by molar-refractivity contribution is 7.90. The van der Waals surface area contributed by atoms with Gasteiger partial charge < -0.3 is 24.0 Å². The number of primary sulfonamides is 1. The van der Waals surface area contributed by atoms with Gasteiger partial charge in [-0.15, -0.1) is 0 Å². The van der Waals surface area contributed by atoms with Crippen molar-refractivity contribution in [1.82, 2.24) is 23.7 Å². The van der Waals surface area contributed by atoms with Gasteiger partial charge >= 0.3 is 11.9 Å². The number of aliphatic carboxylic acids is 1. The van der Waals surface area contributed by atoms with Gasteiger partial charge in [-0.05, 0) is 88.1 Å². The third-order valence-corrected chi connectivity index (χ3v) is 16.7. The third-order valence-electron chi connectivity index (χ3n) is 14.0. The van der Waals surface area contributed by atoms with E-state index in [0.717, 1.165) is 0 Å². The highest BCUT2D eigenvalue weighted by Crippen LogP contribution is 2.30. The van der Waals surface area contributed by atoms with Crippen LogP contribution in [0, 0.1) is 35.3 Å². The number of hydrogen-bond acceptors (Lipinski definition) is 12. The Morgan fingerprint density at radius 1 is 0.644 bits per heavy atom. The average Bonchev–Trinajstić information content (AvgIpc) is 1.82. The number of benzene rings is 4. The number of halogens is 6. The fourth-order valence-corrected chi connectivity index (χ4v) is 10.5. The molecule has 4 atom stereocenters. The summed E-state index contributed by atoms with van der Waals surface area (Å²) in [4.78, 5) is 102. The van der Waals surface area contributed by atoms with E-state index in [-0.39, 0.29) is 115 Å². The number of nitrogens with two attached hydrogens (primary N) is 1. The molecule has 0 radical (unpaired) electrons. The number of fused-ring (bicyclic) bond motifs is 2. The number of aryl methyl sites for hydroxylation is 2. The number of nitrogens with one attached hydrogen (secondary N) is 1. The lowest BCUT2D eigenvalue weighted by Gasteiger charge is -2.24. The van der Waals surface area contributed by atoms with Crippen LogP contribution in [0.4, 0.5) is 17.6 Å². The summed E-state index contributed by atoms with van der Waals surface area (Å²) in [5.41, 5.74) is 2.74. The van der Waals surface area contributed by atoms with Gasteiger partial charge in [0.25, 0.3) is 0 Å². The summed E-state index contributed by atoms with van der Waals surface area (Å²) in [7, 11) is -6.95. The van der Waals surface area contributed by atoms with E-state index >= 15 is 0 Å². The molecular formula is C60H58Cl2F4N6O13S2. The minimum absolute atomic E-state index is 0.0208. The molecule has 2 aromatic heterocycles. The lowest BCUT2D eigenvalue weighted by molar-refractivity contribution is -0.138. The Hall–Kier alpha value is -8.20. The van der Waals surface area contributed by atoms with Crippen LogP contribution >= 0.6 is 23.2 Å². The molecule has 0 aliphatic carbocycles. The van der Waals surface area contributed by atoms with Crippen molar-refractivity contribution in [3.05, 3.63) is 140 Å². The van der Waals surface area contributed by atoms with Gasteiger partial charge in [0.2, 0.25) is 31.9 Å². The maximum absolute atomic E-state index is 14.5. The van der Waals surface area contributed by atoms with Crippen molar-refractivity contribution in [3.8, 4) is 23.7 Å². The number of Topliss-reactive ketones (excluding diaryl/α,β-unsaturated/α-hetero) is 4. The molecule has 0 spiro atoms. The molecule has 19 nitrogen and oxygen atoms in total. The smallest absolute Gasteiger partial charge is 0.382 e. The van der Waals surface area contributed by atoms with Crippen LogP contribution in [0.2, 0.25) is 10.0 Å². The zero-order valence-corrected chi connectivity index (χ0v) is 50.3. The Bertz CT molecular complexity index is 4090. The first-order chi connectivity index (χ1) is 40.9. The Morgan fingerprint density at radius 2 is 1.05 bits per heavy atom. The molecule has 2 fully saturated rings.